The van der Waals surface area contributed by atoms with Gasteiger partial charge in [-0.25, -0.2) is 9.67 Å². The molecule has 126 valence electrons. The van der Waals surface area contributed by atoms with Crippen molar-refractivity contribution in [2.45, 2.75) is 44.7 Å². The second-order valence-corrected chi connectivity index (χ2v) is 6.58. The maximum Gasteiger partial charge on any atom is 0.164 e. The summed E-state index contributed by atoms with van der Waals surface area (Å²) in [7, 11) is 0. The van der Waals surface area contributed by atoms with Gasteiger partial charge >= 0.3 is 0 Å². The van der Waals surface area contributed by atoms with E-state index in [1.165, 1.54) is 0 Å². The van der Waals surface area contributed by atoms with E-state index in [1.807, 2.05) is 23.0 Å². The summed E-state index contributed by atoms with van der Waals surface area (Å²) in [4.78, 5) is 19.0. The van der Waals surface area contributed by atoms with Crippen LogP contribution >= 0.6 is 0 Å². The number of nitrogens with two attached hydrogens (primary N) is 1. The first-order valence-electron chi connectivity index (χ1n) is 8.63. The summed E-state index contributed by atoms with van der Waals surface area (Å²) in [6, 6.07) is 4.22. The molecule has 2 aliphatic rings. The van der Waals surface area contributed by atoms with Gasteiger partial charge in [-0.2, -0.15) is 0 Å². The van der Waals surface area contributed by atoms with Crippen molar-refractivity contribution in [1.82, 2.24) is 20.0 Å². The van der Waals surface area contributed by atoms with Crippen molar-refractivity contribution >= 4 is 11.6 Å². The number of fused-ring (bicyclic) bond motifs is 1. The van der Waals surface area contributed by atoms with Crippen molar-refractivity contribution in [3.8, 4) is 0 Å². The number of pyridine rings is 1. The van der Waals surface area contributed by atoms with Gasteiger partial charge in [0.05, 0.1) is 23.6 Å². The molecular weight excluding hydrogens is 304 g/mol. The minimum absolute atomic E-state index is 0.226. The lowest BCUT2D eigenvalue weighted by atomic mass is 9.95. The fourth-order valence-corrected chi connectivity index (χ4v) is 3.63. The molecule has 1 fully saturated rings. The van der Waals surface area contributed by atoms with E-state index in [2.05, 4.69) is 15.2 Å². The van der Waals surface area contributed by atoms with E-state index in [4.69, 9.17) is 10.7 Å². The van der Waals surface area contributed by atoms with Gasteiger partial charge in [0.1, 0.15) is 5.82 Å². The van der Waals surface area contributed by atoms with Crippen molar-refractivity contribution in [2.24, 2.45) is 5.73 Å². The number of anilines is 1. The first-order chi connectivity index (χ1) is 11.7. The van der Waals surface area contributed by atoms with Crippen LogP contribution in [0.3, 0.4) is 0 Å². The molecule has 3 heterocycles. The number of piperidine rings is 1. The molecule has 0 radical (unpaired) electrons. The first-order valence-corrected chi connectivity index (χ1v) is 8.63. The zero-order valence-electron chi connectivity index (χ0n) is 13.7. The summed E-state index contributed by atoms with van der Waals surface area (Å²) in [5.41, 5.74) is 8.20. The summed E-state index contributed by atoms with van der Waals surface area (Å²) in [5.74, 6) is 1.19. The van der Waals surface area contributed by atoms with Crippen LogP contribution in [-0.4, -0.2) is 38.9 Å². The monoisotopic (exact) mass is 326 g/mol. The Morgan fingerprint density at radius 1 is 1.25 bits per heavy atom. The van der Waals surface area contributed by atoms with Crippen LogP contribution < -0.4 is 10.6 Å². The molecule has 0 amide bonds. The molecule has 0 aromatic carbocycles. The maximum absolute atomic E-state index is 12.0. The van der Waals surface area contributed by atoms with Crippen LogP contribution in [0.4, 0.5) is 5.82 Å². The van der Waals surface area contributed by atoms with Crippen LogP contribution in [0, 0.1) is 0 Å². The van der Waals surface area contributed by atoms with Gasteiger partial charge in [-0.1, -0.05) is 5.21 Å². The van der Waals surface area contributed by atoms with Crippen molar-refractivity contribution < 1.29 is 4.79 Å². The van der Waals surface area contributed by atoms with Crippen LogP contribution in [0.15, 0.2) is 18.3 Å². The van der Waals surface area contributed by atoms with E-state index in [9.17, 15) is 4.79 Å². The average molecular weight is 326 g/mol. The molecule has 0 spiro atoms. The first kappa shape index (κ1) is 15.3. The molecule has 2 aromatic rings. The topological polar surface area (TPSA) is 89.9 Å². The number of carbonyl (C=O) groups is 1. The van der Waals surface area contributed by atoms with E-state index in [0.29, 0.717) is 13.0 Å². The highest BCUT2D eigenvalue weighted by molar-refractivity contribution is 5.98. The Hall–Kier alpha value is -2.28. The zero-order chi connectivity index (χ0) is 16.5. The standard InChI is InChI=1S/C17H22N6O/c18-9-12-10-23(21-20-12)13-3-2-8-22(11-13)17-7-6-14-15(19-17)4-1-5-16(14)24/h6-7,10,13H,1-5,8-9,11,18H2. The van der Waals surface area contributed by atoms with Crippen LogP contribution in [0.1, 0.15) is 53.5 Å². The van der Waals surface area contributed by atoms with Gasteiger partial charge in [-0.15, -0.1) is 5.10 Å². The molecule has 1 unspecified atom stereocenters. The quantitative estimate of drug-likeness (QED) is 0.919. The number of ketones is 1. The third-order valence-electron chi connectivity index (χ3n) is 4.94. The summed E-state index contributed by atoms with van der Waals surface area (Å²) in [5, 5.41) is 8.30. The number of hydrogen-bond donors (Lipinski definition) is 1. The Bertz CT molecular complexity index is 755. The molecule has 2 aromatic heterocycles. The molecular formula is C17H22N6O. The Morgan fingerprint density at radius 3 is 3.00 bits per heavy atom. The Labute approximate surface area is 140 Å². The average Bonchev–Trinajstić information content (AvgIpc) is 3.11. The van der Waals surface area contributed by atoms with Crippen molar-refractivity contribution in [3.05, 3.63) is 35.3 Å². The van der Waals surface area contributed by atoms with Crippen molar-refractivity contribution in [2.75, 3.05) is 18.0 Å². The third kappa shape index (κ3) is 2.80. The maximum atomic E-state index is 12.0. The fourth-order valence-electron chi connectivity index (χ4n) is 3.63. The normalized spacial score (nSPS) is 21.0. The van der Waals surface area contributed by atoms with E-state index in [-0.39, 0.29) is 11.8 Å². The number of nitrogens with zero attached hydrogens (tertiary/aromatic N) is 5. The largest absolute Gasteiger partial charge is 0.354 e. The third-order valence-corrected chi connectivity index (χ3v) is 4.94. The Morgan fingerprint density at radius 2 is 2.17 bits per heavy atom. The van der Waals surface area contributed by atoms with Crippen LogP contribution in [-0.2, 0) is 13.0 Å². The lowest BCUT2D eigenvalue weighted by molar-refractivity contribution is 0.0971. The zero-order valence-corrected chi connectivity index (χ0v) is 13.7. The van der Waals surface area contributed by atoms with E-state index >= 15 is 0 Å². The van der Waals surface area contributed by atoms with E-state index in [1.54, 1.807) is 0 Å². The van der Waals surface area contributed by atoms with Gasteiger partial charge in [-0.3, -0.25) is 4.79 Å². The Kier molecular flexibility index (Phi) is 4.02. The molecule has 1 saturated heterocycles. The number of carbonyl (C=O) groups excluding carboxylic acids is 1. The fraction of sp³-hybridized carbons (Fsp3) is 0.529. The van der Waals surface area contributed by atoms with Crippen molar-refractivity contribution in [1.29, 1.82) is 0 Å². The molecule has 2 N–H and O–H groups in total. The smallest absolute Gasteiger partial charge is 0.164 e. The van der Waals surface area contributed by atoms with Gasteiger partial charge in [-0.05, 0) is 37.8 Å². The van der Waals surface area contributed by atoms with Crippen LogP contribution in [0.25, 0.3) is 0 Å². The SMILES string of the molecule is NCc1cn(C2CCCN(c3ccc4c(n3)CCCC4=O)C2)nn1. The molecule has 1 aliphatic carbocycles. The number of rotatable bonds is 3. The van der Waals surface area contributed by atoms with Gasteiger partial charge in [0.2, 0.25) is 0 Å². The molecule has 4 rings (SSSR count). The van der Waals surface area contributed by atoms with Gasteiger partial charge < -0.3 is 10.6 Å². The second kappa shape index (κ2) is 6.32. The van der Waals surface area contributed by atoms with Gasteiger partial charge in [0.15, 0.2) is 5.78 Å². The molecule has 1 aliphatic heterocycles. The number of hydrogen-bond acceptors (Lipinski definition) is 6. The Balaban J connectivity index is 1.54. The summed E-state index contributed by atoms with van der Waals surface area (Å²) < 4.78 is 1.93. The minimum atomic E-state index is 0.226. The molecule has 7 heteroatoms. The van der Waals surface area contributed by atoms with Gasteiger partial charge in [0.25, 0.3) is 0 Å². The highest BCUT2D eigenvalue weighted by Crippen LogP contribution is 2.27. The summed E-state index contributed by atoms with van der Waals surface area (Å²) in [6.07, 6.45) is 6.55. The molecule has 0 bridgehead atoms. The molecule has 24 heavy (non-hydrogen) atoms. The molecule has 7 nitrogen and oxygen atoms in total. The molecule has 0 saturated carbocycles. The predicted molar refractivity (Wildman–Crippen MR) is 89.9 cm³/mol. The van der Waals surface area contributed by atoms with Crippen molar-refractivity contribution in [3.63, 3.8) is 0 Å². The van der Waals surface area contributed by atoms with Crippen LogP contribution in [0.5, 0.6) is 0 Å². The highest BCUT2D eigenvalue weighted by atomic mass is 16.1. The lowest BCUT2D eigenvalue weighted by Gasteiger charge is -2.34. The summed E-state index contributed by atoms with van der Waals surface area (Å²) in [6.45, 7) is 2.25. The number of Topliss-reactive ketones (excluding diaryl/α,β-unsaturated/α-hetero) is 1. The van der Waals surface area contributed by atoms with E-state index < -0.39 is 0 Å². The number of aromatic nitrogens is 4. The predicted octanol–water partition coefficient (Wildman–Crippen LogP) is 1.49. The second-order valence-electron chi connectivity index (χ2n) is 6.58. The van der Waals surface area contributed by atoms with Crippen LogP contribution in [0.2, 0.25) is 0 Å². The molecule has 1 atom stereocenters. The minimum Gasteiger partial charge on any atom is -0.354 e. The van der Waals surface area contributed by atoms with Gasteiger partial charge in [0, 0.05) is 31.6 Å². The summed E-state index contributed by atoms with van der Waals surface area (Å²) >= 11 is 0. The number of aryl methyl sites for hydroxylation is 1. The highest BCUT2D eigenvalue weighted by Gasteiger charge is 2.25. The lowest BCUT2D eigenvalue weighted by Crippen LogP contribution is -2.37. The van der Waals surface area contributed by atoms with E-state index in [0.717, 1.165) is 61.5 Å².